The minimum absolute atomic E-state index is 0.192. The first-order chi connectivity index (χ1) is 14.0. The van der Waals surface area contributed by atoms with Gasteiger partial charge in [-0.05, 0) is 43.2 Å². The van der Waals surface area contributed by atoms with E-state index in [1.165, 1.54) is 0 Å². The molecule has 0 aromatic heterocycles. The van der Waals surface area contributed by atoms with E-state index in [9.17, 15) is 10.1 Å². The van der Waals surface area contributed by atoms with Crippen molar-refractivity contribution in [2.24, 2.45) is 0 Å². The van der Waals surface area contributed by atoms with Crippen LogP contribution in [0.1, 0.15) is 36.9 Å². The molecular formula is C22H25N3O4. The second-order valence-corrected chi connectivity index (χ2v) is 7.06. The van der Waals surface area contributed by atoms with Crippen molar-refractivity contribution in [2.45, 2.75) is 31.9 Å². The minimum Gasteiger partial charge on any atom is -0.497 e. The Morgan fingerprint density at radius 3 is 2.52 bits per heavy atom. The molecule has 7 heteroatoms. The first-order valence-corrected chi connectivity index (χ1v) is 9.39. The maximum Gasteiger partial charge on any atom is 0.411 e. The lowest BCUT2D eigenvalue weighted by Crippen LogP contribution is -2.28. The van der Waals surface area contributed by atoms with E-state index in [1.54, 1.807) is 40.2 Å². The number of carbonyl (C=O) groups excluding carboxylic acids is 1. The molecular weight excluding hydrogens is 370 g/mol. The third kappa shape index (κ3) is 4.28. The molecule has 1 aliphatic rings. The molecule has 1 heterocycles. The predicted molar refractivity (Wildman–Crippen MR) is 110 cm³/mol. The highest BCUT2D eigenvalue weighted by atomic mass is 16.6. The molecule has 0 saturated heterocycles. The Labute approximate surface area is 170 Å². The van der Waals surface area contributed by atoms with E-state index in [4.69, 9.17) is 14.2 Å². The topological polar surface area (TPSA) is 83.8 Å². The lowest BCUT2D eigenvalue weighted by atomic mass is 9.91. The van der Waals surface area contributed by atoms with E-state index in [2.05, 4.69) is 16.3 Å². The molecule has 2 unspecified atom stereocenters. The number of rotatable bonds is 6. The molecule has 0 radical (unpaired) electrons. The molecule has 7 nitrogen and oxygen atoms in total. The maximum atomic E-state index is 11.8. The summed E-state index contributed by atoms with van der Waals surface area (Å²) in [6.45, 7) is 3.92. The van der Waals surface area contributed by atoms with Crippen molar-refractivity contribution in [3.05, 3.63) is 53.6 Å². The zero-order valence-electron chi connectivity index (χ0n) is 17.0. The summed E-state index contributed by atoms with van der Waals surface area (Å²) in [5.74, 6) is 0.376. The fourth-order valence-corrected chi connectivity index (χ4v) is 3.59. The van der Waals surface area contributed by atoms with Gasteiger partial charge in [-0.15, -0.1) is 0 Å². The lowest BCUT2D eigenvalue weighted by molar-refractivity contribution is 0.130. The van der Waals surface area contributed by atoms with Crippen LogP contribution in [0.2, 0.25) is 0 Å². The van der Waals surface area contributed by atoms with E-state index in [-0.39, 0.29) is 18.1 Å². The molecule has 29 heavy (non-hydrogen) atoms. The molecule has 2 aromatic rings. The summed E-state index contributed by atoms with van der Waals surface area (Å²) >= 11 is 0. The Bertz CT molecular complexity index is 905. The number of benzene rings is 2. The van der Waals surface area contributed by atoms with E-state index in [0.717, 1.165) is 22.6 Å². The predicted octanol–water partition coefficient (Wildman–Crippen LogP) is 4.42. The molecule has 152 valence electrons. The Kier molecular flexibility index (Phi) is 6.25. The largest absolute Gasteiger partial charge is 0.497 e. The fraction of sp³-hybridized carbons (Fsp3) is 0.364. The summed E-state index contributed by atoms with van der Waals surface area (Å²) in [7, 11) is 3.25. The van der Waals surface area contributed by atoms with Crippen LogP contribution in [0.5, 0.6) is 5.75 Å². The molecule has 0 bridgehead atoms. The van der Waals surface area contributed by atoms with Gasteiger partial charge in [0.05, 0.1) is 31.2 Å². The number of carbonyl (C=O) groups is 1. The Morgan fingerprint density at radius 1 is 1.21 bits per heavy atom. The average Bonchev–Trinajstić information content (AvgIpc) is 3.01. The standard InChI is InChI=1S/C22H25N3O4/c1-14(2)29-22(26)24-16-7-5-15(6-8-16)21-19(12-23)18-10-9-17(28-4)11-20(18)25(21)13-27-3/h5-11,14,19,21H,13H2,1-4H3,(H,24,26). The van der Waals surface area contributed by atoms with Gasteiger partial charge in [-0.1, -0.05) is 18.2 Å². The van der Waals surface area contributed by atoms with Crippen LogP contribution in [0.4, 0.5) is 16.2 Å². The van der Waals surface area contributed by atoms with Crippen molar-refractivity contribution < 1.29 is 19.0 Å². The highest BCUT2D eigenvalue weighted by molar-refractivity contribution is 5.84. The quantitative estimate of drug-likeness (QED) is 0.779. The molecule has 0 spiro atoms. The van der Waals surface area contributed by atoms with Crippen LogP contribution in [-0.4, -0.2) is 33.1 Å². The van der Waals surface area contributed by atoms with Crippen LogP contribution in [-0.2, 0) is 9.47 Å². The second-order valence-electron chi connectivity index (χ2n) is 7.06. The fourth-order valence-electron chi connectivity index (χ4n) is 3.59. The van der Waals surface area contributed by atoms with Crippen LogP contribution in [0, 0.1) is 11.3 Å². The van der Waals surface area contributed by atoms with Crippen LogP contribution in [0.15, 0.2) is 42.5 Å². The highest BCUT2D eigenvalue weighted by Gasteiger charge is 2.40. The number of fused-ring (bicyclic) bond motifs is 1. The molecule has 1 amide bonds. The second kappa shape index (κ2) is 8.84. The Morgan fingerprint density at radius 2 is 1.93 bits per heavy atom. The third-order valence-corrected chi connectivity index (χ3v) is 4.78. The van der Waals surface area contributed by atoms with E-state index >= 15 is 0 Å². The van der Waals surface area contributed by atoms with Crippen LogP contribution < -0.4 is 15.0 Å². The monoisotopic (exact) mass is 395 g/mol. The molecule has 0 fully saturated rings. The van der Waals surface area contributed by atoms with Gasteiger partial charge in [0.1, 0.15) is 12.5 Å². The lowest BCUT2D eigenvalue weighted by Gasteiger charge is -2.28. The molecule has 1 N–H and O–H groups in total. The van der Waals surface area contributed by atoms with Gasteiger partial charge in [-0.25, -0.2) is 4.79 Å². The van der Waals surface area contributed by atoms with Crippen molar-refractivity contribution in [3.63, 3.8) is 0 Å². The van der Waals surface area contributed by atoms with Crippen molar-refractivity contribution in [3.8, 4) is 11.8 Å². The number of nitrogens with one attached hydrogen (secondary N) is 1. The summed E-state index contributed by atoms with van der Waals surface area (Å²) in [4.78, 5) is 13.9. The van der Waals surface area contributed by atoms with Crippen molar-refractivity contribution in [1.29, 1.82) is 5.26 Å². The SMILES string of the molecule is COCN1c2cc(OC)ccc2C(C#N)C1c1ccc(NC(=O)OC(C)C)cc1. The molecule has 0 saturated carbocycles. The number of anilines is 2. The summed E-state index contributed by atoms with van der Waals surface area (Å²) in [5.41, 5.74) is 3.44. The number of nitriles is 1. The first kappa shape index (κ1) is 20.5. The number of hydrogen-bond acceptors (Lipinski definition) is 6. The van der Waals surface area contributed by atoms with Gasteiger partial charge >= 0.3 is 6.09 Å². The number of nitrogens with zero attached hydrogens (tertiary/aromatic N) is 2. The van der Waals surface area contributed by atoms with Gasteiger partial charge in [0.2, 0.25) is 0 Å². The number of amides is 1. The zero-order chi connectivity index (χ0) is 21.0. The van der Waals surface area contributed by atoms with Crippen molar-refractivity contribution in [2.75, 3.05) is 31.2 Å². The average molecular weight is 395 g/mol. The van der Waals surface area contributed by atoms with Gasteiger partial charge in [0, 0.05) is 24.6 Å². The van der Waals surface area contributed by atoms with Crippen LogP contribution in [0.25, 0.3) is 0 Å². The van der Waals surface area contributed by atoms with E-state index in [0.29, 0.717) is 12.4 Å². The minimum atomic E-state index is -0.496. The third-order valence-electron chi connectivity index (χ3n) is 4.78. The molecule has 0 aliphatic carbocycles. The van der Waals surface area contributed by atoms with Gasteiger partial charge < -0.3 is 19.1 Å². The number of hydrogen-bond donors (Lipinski definition) is 1. The van der Waals surface area contributed by atoms with Gasteiger partial charge in [-0.3, -0.25) is 5.32 Å². The smallest absolute Gasteiger partial charge is 0.411 e. The molecule has 2 aromatic carbocycles. The van der Waals surface area contributed by atoms with Crippen molar-refractivity contribution in [1.82, 2.24) is 0 Å². The van der Waals surface area contributed by atoms with Crippen LogP contribution in [0.3, 0.4) is 0 Å². The van der Waals surface area contributed by atoms with Gasteiger partial charge in [-0.2, -0.15) is 5.26 Å². The number of methoxy groups -OCH3 is 2. The molecule has 1 aliphatic heterocycles. The normalized spacial score (nSPS) is 17.6. The first-order valence-electron chi connectivity index (χ1n) is 9.39. The Balaban J connectivity index is 1.90. The van der Waals surface area contributed by atoms with E-state index < -0.39 is 6.09 Å². The summed E-state index contributed by atoms with van der Waals surface area (Å²) in [6.07, 6.45) is -0.689. The summed E-state index contributed by atoms with van der Waals surface area (Å²) < 4.78 is 15.9. The summed E-state index contributed by atoms with van der Waals surface area (Å²) in [6, 6.07) is 15.4. The van der Waals surface area contributed by atoms with Gasteiger partial charge in [0.25, 0.3) is 0 Å². The van der Waals surface area contributed by atoms with Crippen molar-refractivity contribution >= 4 is 17.5 Å². The van der Waals surface area contributed by atoms with Crippen LogP contribution >= 0.6 is 0 Å². The maximum absolute atomic E-state index is 11.8. The number of ether oxygens (including phenoxy) is 3. The Hall–Kier alpha value is -3.24. The van der Waals surface area contributed by atoms with Gasteiger partial charge in [0.15, 0.2) is 0 Å². The highest BCUT2D eigenvalue weighted by Crippen LogP contribution is 2.49. The molecule has 2 atom stereocenters. The van der Waals surface area contributed by atoms with E-state index in [1.807, 2.05) is 30.3 Å². The summed E-state index contributed by atoms with van der Waals surface area (Å²) in [5, 5.41) is 12.6. The zero-order valence-corrected chi connectivity index (χ0v) is 17.0. The molecule has 3 rings (SSSR count).